The fraction of sp³-hybridized carbons (Fsp3) is 0.438. The van der Waals surface area contributed by atoms with Crippen molar-refractivity contribution in [1.82, 2.24) is 10.2 Å². The lowest BCUT2D eigenvalue weighted by molar-refractivity contribution is -0.128. The maximum Gasteiger partial charge on any atom is 0.228 e. The Morgan fingerprint density at radius 2 is 1.77 bits per heavy atom. The molecular weight excluding hydrogens is 298 g/mol. The van der Waals surface area contributed by atoms with E-state index in [1.54, 1.807) is 19.0 Å². The highest BCUT2D eigenvalue weighted by Crippen LogP contribution is 2.11. The van der Waals surface area contributed by atoms with Gasteiger partial charge in [0.1, 0.15) is 0 Å². The van der Waals surface area contributed by atoms with E-state index in [-0.39, 0.29) is 22.8 Å². The molecule has 0 aliphatic rings. The average molecular weight is 321 g/mol. The molecule has 0 aliphatic heterocycles. The molecule has 1 rings (SSSR count). The van der Waals surface area contributed by atoms with Crippen LogP contribution < -0.4 is 10.6 Å². The van der Waals surface area contributed by atoms with Gasteiger partial charge in [-0.3, -0.25) is 9.59 Å². The molecule has 1 aromatic rings. The molecule has 120 valence electrons. The Balaban J connectivity index is 2.49. The summed E-state index contributed by atoms with van der Waals surface area (Å²) in [5, 5.41) is 5.87. The summed E-state index contributed by atoms with van der Waals surface area (Å²) in [4.78, 5) is 24.7. The Hall–Kier alpha value is -1.95. The van der Waals surface area contributed by atoms with Crippen LogP contribution in [0.15, 0.2) is 24.3 Å². The van der Waals surface area contributed by atoms with E-state index in [1.165, 1.54) is 0 Å². The molecule has 6 heteroatoms. The summed E-state index contributed by atoms with van der Waals surface area (Å²) in [5.41, 5.74) is 1.88. The summed E-state index contributed by atoms with van der Waals surface area (Å²) in [6, 6.07) is 7.64. The summed E-state index contributed by atoms with van der Waals surface area (Å²) >= 11 is 5.09. The Labute approximate surface area is 137 Å². The zero-order chi connectivity index (χ0) is 16.7. The fourth-order valence-corrected chi connectivity index (χ4v) is 1.87. The zero-order valence-corrected chi connectivity index (χ0v) is 14.3. The highest BCUT2D eigenvalue weighted by molar-refractivity contribution is 7.80. The van der Waals surface area contributed by atoms with Crippen LogP contribution in [0.3, 0.4) is 0 Å². The van der Waals surface area contributed by atoms with Crippen molar-refractivity contribution in [2.45, 2.75) is 26.7 Å². The Bertz CT molecular complexity index is 539. The molecule has 0 saturated carbocycles. The van der Waals surface area contributed by atoms with Crippen molar-refractivity contribution in [2.24, 2.45) is 5.92 Å². The van der Waals surface area contributed by atoms with Gasteiger partial charge < -0.3 is 15.5 Å². The van der Waals surface area contributed by atoms with Crippen molar-refractivity contribution in [1.29, 1.82) is 0 Å². The molecule has 0 radical (unpaired) electrons. The second-order valence-electron chi connectivity index (χ2n) is 5.58. The van der Waals surface area contributed by atoms with Crippen LogP contribution in [0.1, 0.15) is 25.8 Å². The van der Waals surface area contributed by atoms with E-state index >= 15 is 0 Å². The third-order valence-electron chi connectivity index (χ3n) is 3.10. The normalized spacial score (nSPS) is 10.2. The topological polar surface area (TPSA) is 61.4 Å². The second kappa shape index (κ2) is 8.48. The number of nitrogens with zero attached hydrogens (tertiary/aromatic N) is 1. The van der Waals surface area contributed by atoms with Crippen molar-refractivity contribution < 1.29 is 9.59 Å². The number of aryl methyl sites for hydroxylation is 1. The van der Waals surface area contributed by atoms with Crippen molar-refractivity contribution in [3.8, 4) is 0 Å². The lowest BCUT2D eigenvalue weighted by atomic mass is 10.1. The predicted octanol–water partition coefficient (Wildman–Crippen LogP) is 2.18. The summed E-state index contributed by atoms with van der Waals surface area (Å²) < 4.78 is 0. The standard InChI is InChI=1S/C16H23N3O2S/c1-11(2)15(21)18-16(22)17-13-8-5-12(6-9-13)7-10-14(20)19(3)4/h5-6,8-9,11H,7,10H2,1-4H3,(H2,17,18,21,22). The Morgan fingerprint density at radius 3 is 2.27 bits per heavy atom. The van der Waals surface area contributed by atoms with Crippen LogP contribution >= 0.6 is 12.2 Å². The molecule has 0 atom stereocenters. The molecule has 1 aromatic carbocycles. The van der Waals surface area contributed by atoms with Crippen molar-refractivity contribution in [3.63, 3.8) is 0 Å². The largest absolute Gasteiger partial charge is 0.349 e. The van der Waals surface area contributed by atoms with Gasteiger partial charge in [0.05, 0.1) is 0 Å². The molecule has 2 amide bonds. The first-order valence-corrected chi connectivity index (χ1v) is 7.61. The smallest absolute Gasteiger partial charge is 0.228 e. The van der Waals surface area contributed by atoms with Crippen LogP contribution in [0.2, 0.25) is 0 Å². The fourth-order valence-electron chi connectivity index (χ4n) is 1.65. The van der Waals surface area contributed by atoms with E-state index in [4.69, 9.17) is 12.2 Å². The minimum Gasteiger partial charge on any atom is -0.349 e. The van der Waals surface area contributed by atoms with E-state index in [0.717, 1.165) is 11.3 Å². The number of rotatable bonds is 5. The van der Waals surface area contributed by atoms with Gasteiger partial charge in [-0.1, -0.05) is 26.0 Å². The van der Waals surface area contributed by atoms with Gasteiger partial charge in [-0.05, 0) is 36.3 Å². The molecule has 0 unspecified atom stereocenters. The quantitative estimate of drug-likeness (QED) is 0.816. The molecule has 0 fully saturated rings. The van der Waals surface area contributed by atoms with Crippen LogP contribution in [-0.2, 0) is 16.0 Å². The van der Waals surface area contributed by atoms with Gasteiger partial charge >= 0.3 is 0 Å². The predicted molar refractivity (Wildman–Crippen MR) is 92.7 cm³/mol. The SMILES string of the molecule is CC(C)C(=O)NC(=S)Nc1ccc(CCC(=O)N(C)C)cc1. The number of hydrogen-bond acceptors (Lipinski definition) is 3. The minimum atomic E-state index is -0.115. The Morgan fingerprint density at radius 1 is 1.18 bits per heavy atom. The van der Waals surface area contributed by atoms with Crippen molar-refractivity contribution >= 4 is 34.8 Å². The highest BCUT2D eigenvalue weighted by Gasteiger charge is 2.09. The van der Waals surface area contributed by atoms with Gasteiger partial charge in [0.2, 0.25) is 11.8 Å². The van der Waals surface area contributed by atoms with Crippen LogP contribution in [0, 0.1) is 5.92 Å². The molecule has 0 aromatic heterocycles. The van der Waals surface area contributed by atoms with Crippen LogP contribution in [0.4, 0.5) is 5.69 Å². The lowest BCUT2D eigenvalue weighted by Crippen LogP contribution is -2.36. The van der Waals surface area contributed by atoms with Gasteiger partial charge in [-0.25, -0.2) is 0 Å². The number of anilines is 1. The Kier molecular flexibility index (Phi) is 6.98. The molecule has 0 aliphatic carbocycles. The average Bonchev–Trinajstić information content (AvgIpc) is 2.45. The van der Waals surface area contributed by atoms with Gasteiger partial charge in [-0.15, -0.1) is 0 Å². The summed E-state index contributed by atoms with van der Waals surface area (Å²) in [6.07, 6.45) is 1.19. The van der Waals surface area contributed by atoms with E-state index in [1.807, 2.05) is 38.1 Å². The third kappa shape index (κ3) is 6.22. The number of carbonyl (C=O) groups excluding carboxylic acids is 2. The number of amides is 2. The number of thiocarbonyl (C=S) groups is 1. The monoisotopic (exact) mass is 321 g/mol. The maximum absolute atomic E-state index is 11.5. The van der Waals surface area contributed by atoms with Crippen molar-refractivity contribution in [3.05, 3.63) is 29.8 Å². The van der Waals surface area contributed by atoms with E-state index in [9.17, 15) is 9.59 Å². The van der Waals surface area contributed by atoms with Gasteiger partial charge in [0, 0.05) is 32.1 Å². The molecule has 22 heavy (non-hydrogen) atoms. The van der Waals surface area contributed by atoms with Crippen molar-refractivity contribution in [2.75, 3.05) is 19.4 Å². The third-order valence-corrected chi connectivity index (χ3v) is 3.30. The number of hydrogen-bond donors (Lipinski definition) is 2. The van der Waals surface area contributed by atoms with Gasteiger partial charge in [0.15, 0.2) is 5.11 Å². The number of carbonyl (C=O) groups is 2. The molecule has 2 N–H and O–H groups in total. The maximum atomic E-state index is 11.5. The van der Waals surface area contributed by atoms with Crippen LogP contribution in [-0.4, -0.2) is 35.9 Å². The number of benzene rings is 1. The lowest BCUT2D eigenvalue weighted by Gasteiger charge is -2.12. The van der Waals surface area contributed by atoms with E-state index in [0.29, 0.717) is 12.8 Å². The minimum absolute atomic E-state index is 0.111. The van der Waals surface area contributed by atoms with Gasteiger partial charge in [-0.2, -0.15) is 0 Å². The summed E-state index contributed by atoms with van der Waals surface area (Å²) in [5.74, 6) is -0.118. The van der Waals surface area contributed by atoms with E-state index < -0.39 is 0 Å². The first kappa shape index (κ1) is 18.1. The molecule has 5 nitrogen and oxygen atoms in total. The summed E-state index contributed by atoms with van der Waals surface area (Å²) in [7, 11) is 3.50. The molecular formula is C16H23N3O2S. The van der Waals surface area contributed by atoms with Gasteiger partial charge in [0.25, 0.3) is 0 Å². The molecule has 0 heterocycles. The molecule has 0 spiro atoms. The first-order chi connectivity index (χ1) is 10.3. The first-order valence-electron chi connectivity index (χ1n) is 7.20. The zero-order valence-electron chi connectivity index (χ0n) is 13.5. The number of nitrogens with one attached hydrogen (secondary N) is 2. The van der Waals surface area contributed by atoms with E-state index in [2.05, 4.69) is 10.6 Å². The molecule has 0 bridgehead atoms. The molecule has 0 saturated heterocycles. The summed E-state index contributed by atoms with van der Waals surface area (Å²) in [6.45, 7) is 3.61. The van der Waals surface area contributed by atoms with Crippen LogP contribution in [0.5, 0.6) is 0 Å². The second-order valence-corrected chi connectivity index (χ2v) is 5.99. The van der Waals surface area contributed by atoms with Crippen LogP contribution in [0.25, 0.3) is 0 Å². The highest BCUT2D eigenvalue weighted by atomic mass is 32.1.